The van der Waals surface area contributed by atoms with E-state index in [9.17, 15) is 4.79 Å². The van der Waals surface area contributed by atoms with Crippen LogP contribution in [-0.4, -0.2) is 32.2 Å². The Morgan fingerprint density at radius 1 is 1.12 bits per heavy atom. The Kier molecular flexibility index (Phi) is 5.29. The van der Waals surface area contributed by atoms with Gasteiger partial charge in [-0.25, -0.2) is 0 Å². The van der Waals surface area contributed by atoms with Gasteiger partial charge in [-0.15, -0.1) is 0 Å². The minimum atomic E-state index is -0.128. The lowest BCUT2D eigenvalue weighted by Gasteiger charge is -2.30. The van der Waals surface area contributed by atoms with E-state index in [2.05, 4.69) is 10.2 Å². The number of nitrogens with zero attached hydrogens (tertiary/aromatic N) is 1. The van der Waals surface area contributed by atoms with Crippen LogP contribution in [0.3, 0.4) is 0 Å². The number of rotatable bonds is 4. The van der Waals surface area contributed by atoms with Crippen LogP contribution in [0.1, 0.15) is 11.1 Å². The SMILES string of the molecule is Cc1cccc(/C=C/C(=O)Nc2ccccc2N2CCOCC2)c1. The van der Waals surface area contributed by atoms with Gasteiger partial charge in [-0.05, 0) is 30.7 Å². The van der Waals surface area contributed by atoms with Crippen LogP contribution in [0, 0.1) is 6.92 Å². The lowest BCUT2D eigenvalue weighted by molar-refractivity contribution is -0.111. The molecule has 0 saturated carbocycles. The van der Waals surface area contributed by atoms with Gasteiger partial charge in [0.1, 0.15) is 0 Å². The summed E-state index contributed by atoms with van der Waals surface area (Å²) in [5.41, 5.74) is 4.07. The molecule has 0 unspecified atom stereocenters. The molecule has 1 saturated heterocycles. The number of amides is 1. The third-order valence-electron chi connectivity index (χ3n) is 3.98. The van der Waals surface area contributed by atoms with Gasteiger partial charge in [-0.3, -0.25) is 4.79 Å². The average Bonchev–Trinajstić information content (AvgIpc) is 2.61. The first-order valence-electron chi connectivity index (χ1n) is 8.20. The number of morpholine rings is 1. The first-order valence-corrected chi connectivity index (χ1v) is 8.20. The van der Waals surface area contributed by atoms with Crippen LogP contribution < -0.4 is 10.2 Å². The van der Waals surface area contributed by atoms with Crippen molar-refractivity contribution >= 4 is 23.4 Å². The lowest BCUT2D eigenvalue weighted by atomic mass is 10.1. The quantitative estimate of drug-likeness (QED) is 0.876. The van der Waals surface area contributed by atoms with Gasteiger partial charge in [-0.2, -0.15) is 0 Å². The molecule has 4 heteroatoms. The Balaban J connectivity index is 1.70. The fraction of sp³-hybridized carbons (Fsp3) is 0.250. The number of para-hydroxylation sites is 2. The predicted octanol–water partition coefficient (Wildman–Crippen LogP) is 3.48. The van der Waals surface area contributed by atoms with Gasteiger partial charge < -0.3 is 15.0 Å². The number of carbonyl (C=O) groups is 1. The van der Waals surface area contributed by atoms with Gasteiger partial charge in [0.25, 0.3) is 0 Å². The van der Waals surface area contributed by atoms with E-state index in [0.717, 1.165) is 43.2 Å². The molecule has 124 valence electrons. The number of aryl methyl sites for hydroxylation is 1. The topological polar surface area (TPSA) is 41.6 Å². The zero-order valence-electron chi connectivity index (χ0n) is 13.9. The molecule has 0 atom stereocenters. The zero-order chi connectivity index (χ0) is 16.8. The van der Waals surface area contributed by atoms with Gasteiger partial charge in [0, 0.05) is 19.2 Å². The molecule has 0 bridgehead atoms. The molecule has 2 aromatic carbocycles. The summed E-state index contributed by atoms with van der Waals surface area (Å²) < 4.78 is 5.40. The Morgan fingerprint density at radius 2 is 1.92 bits per heavy atom. The molecule has 1 aliphatic rings. The summed E-state index contributed by atoms with van der Waals surface area (Å²) in [5.74, 6) is -0.128. The zero-order valence-corrected chi connectivity index (χ0v) is 13.9. The van der Waals surface area contributed by atoms with Crippen LogP contribution >= 0.6 is 0 Å². The van der Waals surface area contributed by atoms with Gasteiger partial charge in [0.15, 0.2) is 0 Å². The van der Waals surface area contributed by atoms with Crippen LogP contribution in [0.15, 0.2) is 54.6 Å². The Hall–Kier alpha value is -2.59. The van der Waals surface area contributed by atoms with Crippen molar-refractivity contribution < 1.29 is 9.53 Å². The Labute approximate surface area is 142 Å². The van der Waals surface area contributed by atoms with Crippen LogP contribution in [0.2, 0.25) is 0 Å². The summed E-state index contributed by atoms with van der Waals surface area (Å²) in [5, 5.41) is 2.98. The van der Waals surface area contributed by atoms with Crippen LogP contribution in [-0.2, 0) is 9.53 Å². The van der Waals surface area contributed by atoms with Crippen molar-refractivity contribution in [2.45, 2.75) is 6.92 Å². The second kappa shape index (κ2) is 7.79. The molecule has 1 N–H and O–H groups in total. The molecule has 0 aliphatic carbocycles. The molecule has 1 fully saturated rings. The van der Waals surface area contributed by atoms with E-state index in [1.54, 1.807) is 6.08 Å². The molecular formula is C20H22N2O2. The predicted molar refractivity (Wildman–Crippen MR) is 98.3 cm³/mol. The summed E-state index contributed by atoms with van der Waals surface area (Å²) in [7, 11) is 0. The Bertz CT molecular complexity index is 734. The normalized spacial score (nSPS) is 14.8. The summed E-state index contributed by atoms with van der Waals surface area (Å²) in [6.07, 6.45) is 3.41. The van der Waals surface area contributed by atoms with E-state index in [4.69, 9.17) is 4.74 Å². The van der Waals surface area contributed by atoms with E-state index in [1.165, 1.54) is 5.56 Å². The third kappa shape index (κ3) is 4.24. The number of anilines is 2. The highest BCUT2D eigenvalue weighted by molar-refractivity contribution is 6.03. The molecule has 3 rings (SSSR count). The third-order valence-corrected chi connectivity index (χ3v) is 3.98. The van der Waals surface area contributed by atoms with Crippen molar-refractivity contribution in [2.24, 2.45) is 0 Å². The molecule has 1 amide bonds. The van der Waals surface area contributed by atoms with E-state index in [-0.39, 0.29) is 5.91 Å². The first kappa shape index (κ1) is 16.3. The van der Waals surface area contributed by atoms with E-state index in [1.807, 2.05) is 61.5 Å². The summed E-state index contributed by atoms with van der Waals surface area (Å²) in [6.45, 7) is 5.15. The number of carbonyl (C=O) groups excluding carboxylic acids is 1. The molecule has 4 nitrogen and oxygen atoms in total. The second-order valence-corrected chi connectivity index (χ2v) is 5.85. The van der Waals surface area contributed by atoms with Gasteiger partial charge in [0.2, 0.25) is 5.91 Å². The molecule has 2 aromatic rings. The number of nitrogens with one attached hydrogen (secondary N) is 1. The number of ether oxygens (including phenoxy) is 1. The molecule has 1 heterocycles. The van der Waals surface area contributed by atoms with E-state index >= 15 is 0 Å². The summed E-state index contributed by atoms with van der Waals surface area (Å²) >= 11 is 0. The number of hydrogen-bond acceptors (Lipinski definition) is 3. The fourth-order valence-electron chi connectivity index (χ4n) is 2.78. The highest BCUT2D eigenvalue weighted by Crippen LogP contribution is 2.26. The van der Waals surface area contributed by atoms with Gasteiger partial charge >= 0.3 is 0 Å². The molecule has 0 radical (unpaired) electrons. The standard InChI is InChI=1S/C20H22N2O2/c1-16-5-4-6-17(15-16)9-10-20(23)21-18-7-2-3-8-19(18)22-11-13-24-14-12-22/h2-10,15H,11-14H2,1H3,(H,21,23)/b10-9+. The molecule has 1 aliphatic heterocycles. The van der Waals surface area contributed by atoms with Crippen molar-refractivity contribution in [3.8, 4) is 0 Å². The largest absolute Gasteiger partial charge is 0.378 e. The maximum Gasteiger partial charge on any atom is 0.248 e. The Morgan fingerprint density at radius 3 is 2.71 bits per heavy atom. The van der Waals surface area contributed by atoms with Crippen molar-refractivity contribution in [3.05, 3.63) is 65.7 Å². The minimum absolute atomic E-state index is 0.128. The van der Waals surface area contributed by atoms with Crippen LogP contribution in [0.4, 0.5) is 11.4 Å². The van der Waals surface area contributed by atoms with Crippen molar-refractivity contribution in [2.75, 3.05) is 36.5 Å². The van der Waals surface area contributed by atoms with Crippen molar-refractivity contribution in [1.29, 1.82) is 0 Å². The maximum absolute atomic E-state index is 12.3. The van der Waals surface area contributed by atoms with E-state index in [0.29, 0.717) is 0 Å². The van der Waals surface area contributed by atoms with Gasteiger partial charge in [0.05, 0.1) is 24.6 Å². The highest BCUT2D eigenvalue weighted by atomic mass is 16.5. The van der Waals surface area contributed by atoms with Crippen LogP contribution in [0.5, 0.6) is 0 Å². The van der Waals surface area contributed by atoms with E-state index < -0.39 is 0 Å². The second-order valence-electron chi connectivity index (χ2n) is 5.85. The lowest BCUT2D eigenvalue weighted by Crippen LogP contribution is -2.36. The van der Waals surface area contributed by atoms with Crippen LogP contribution in [0.25, 0.3) is 6.08 Å². The van der Waals surface area contributed by atoms with Gasteiger partial charge in [-0.1, -0.05) is 42.0 Å². The molecule has 24 heavy (non-hydrogen) atoms. The minimum Gasteiger partial charge on any atom is -0.378 e. The number of hydrogen-bond donors (Lipinski definition) is 1. The maximum atomic E-state index is 12.3. The molecule has 0 spiro atoms. The molecular weight excluding hydrogens is 300 g/mol. The monoisotopic (exact) mass is 322 g/mol. The summed E-state index contributed by atoms with van der Waals surface area (Å²) in [4.78, 5) is 14.5. The molecule has 0 aromatic heterocycles. The van der Waals surface area contributed by atoms with Crippen molar-refractivity contribution in [1.82, 2.24) is 0 Å². The highest BCUT2D eigenvalue weighted by Gasteiger charge is 2.14. The van der Waals surface area contributed by atoms with Crippen molar-refractivity contribution in [3.63, 3.8) is 0 Å². The smallest absolute Gasteiger partial charge is 0.248 e. The fourth-order valence-corrected chi connectivity index (χ4v) is 2.78. The average molecular weight is 322 g/mol. The summed E-state index contributed by atoms with van der Waals surface area (Å²) in [6, 6.07) is 15.9. The number of benzene rings is 2. The first-order chi connectivity index (χ1) is 11.7.